The molecule has 1 heterocycles. The molecule has 0 saturated heterocycles. The van der Waals surface area contributed by atoms with Crippen LogP contribution in [0.15, 0.2) is 40.3 Å². The Morgan fingerprint density at radius 2 is 1.43 bits per heavy atom. The van der Waals surface area contributed by atoms with E-state index in [4.69, 9.17) is 11.6 Å². The second kappa shape index (κ2) is 5.98. The molecule has 0 radical (unpaired) electrons. The summed E-state index contributed by atoms with van der Waals surface area (Å²) in [6, 6.07) is 6.03. The number of aromatic nitrogens is 1. The molecule has 0 spiro atoms. The van der Waals surface area contributed by atoms with Crippen molar-refractivity contribution in [2.24, 2.45) is 0 Å². The Morgan fingerprint density at radius 1 is 0.826 bits per heavy atom. The first kappa shape index (κ1) is 16.0. The van der Waals surface area contributed by atoms with E-state index in [0.29, 0.717) is 27.7 Å². The quantitative estimate of drug-likeness (QED) is 0.328. The number of nitrogens with zero attached hydrogens (tertiary/aromatic N) is 1. The average Bonchev–Trinajstić information content (AvgIpc) is 2.55. The Kier molecular flexibility index (Phi) is 4.16. The van der Waals surface area contributed by atoms with Crippen LogP contribution in [0.2, 0.25) is 5.02 Å². The second-order valence-corrected chi connectivity index (χ2v) is 5.96. The molecule has 23 heavy (non-hydrogen) atoms. The molecule has 3 rings (SSSR count). The summed E-state index contributed by atoms with van der Waals surface area (Å²) in [5.74, 6) is -9.88. The van der Waals surface area contributed by atoms with E-state index in [1.807, 2.05) is 0 Å². The van der Waals surface area contributed by atoms with Gasteiger partial charge in [-0.15, -0.1) is 0 Å². The smallest absolute Gasteiger partial charge is 0.200 e. The Labute approximate surface area is 136 Å². The molecule has 1 nitrogen and oxygen atoms in total. The topological polar surface area (TPSA) is 12.9 Å². The van der Waals surface area contributed by atoms with Crippen LogP contribution in [0.3, 0.4) is 0 Å². The molecule has 0 atom stereocenters. The van der Waals surface area contributed by atoms with Crippen LogP contribution < -0.4 is 0 Å². The number of rotatable bonds is 2. The van der Waals surface area contributed by atoms with E-state index in [1.54, 1.807) is 6.07 Å². The number of halogens is 6. The van der Waals surface area contributed by atoms with Gasteiger partial charge in [0.25, 0.3) is 0 Å². The van der Waals surface area contributed by atoms with E-state index in [1.165, 1.54) is 24.4 Å². The largest absolute Gasteiger partial charge is 0.256 e. The molecule has 118 valence electrons. The van der Waals surface area contributed by atoms with Gasteiger partial charge in [-0.05, 0) is 18.2 Å². The second-order valence-electron chi connectivity index (χ2n) is 4.47. The predicted octanol–water partition coefficient (Wildman–Crippen LogP) is 5.73. The molecule has 0 aliphatic carbocycles. The molecule has 0 unspecified atom stereocenters. The van der Waals surface area contributed by atoms with Crippen LogP contribution in [-0.4, -0.2) is 4.98 Å². The highest BCUT2D eigenvalue weighted by Crippen LogP contribution is 2.38. The van der Waals surface area contributed by atoms with Crippen LogP contribution in [0, 0.1) is 29.1 Å². The van der Waals surface area contributed by atoms with Crippen molar-refractivity contribution in [2.75, 3.05) is 0 Å². The molecule has 0 saturated carbocycles. The summed E-state index contributed by atoms with van der Waals surface area (Å²) in [5, 5.41) is 0.884. The fraction of sp³-hybridized carbons (Fsp3) is 0. The van der Waals surface area contributed by atoms with Gasteiger partial charge in [-0.1, -0.05) is 29.4 Å². The highest BCUT2D eigenvalue weighted by Gasteiger charge is 2.26. The summed E-state index contributed by atoms with van der Waals surface area (Å²) in [6.07, 6.45) is 1.35. The van der Waals surface area contributed by atoms with Crippen LogP contribution in [0.25, 0.3) is 10.9 Å². The summed E-state index contributed by atoms with van der Waals surface area (Å²) < 4.78 is 67.2. The summed E-state index contributed by atoms with van der Waals surface area (Å²) in [5.41, 5.74) is 0.436. The zero-order chi connectivity index (χ0) is 16.7. The van der Waals surface area contributed by atoms with Gasteiger partial charge in [-0.3, -0.25) is 4.98 Å². The van der Waals surface area contributed by atoms with Crippen LogP contribution >= 0.6 is 23.4 Å². The average molecular weight is 362 g/mol. The fourth-order valence-electron chi connectivity index (χ4n) is 1.97. The molecule has 0 fully saturated rings. The third kappa shape index (κ3) is 2.74. The van der Waals surface area contributed by atoms with E-state index in [2.05, 4.69) is 4.98 Å². The van der Waals surface area contributed by atoms with Crippen molar-refractivity contribution in [1.82, 2.24) is 4.98 Å². The Balaban J connectivity index is 2.17. The molecule has 2 aromatic carbocycles. The van der Waals surface area contributed by atoms with Gasteiger partial charge in [-0.2, -0.15) is 0 Å². The Bertz CT molecular complexity index is 902. The van der Waals surface area contributed by atoms with Crippen molar-refractivity contribution in [3.63, 3.8) is 0 Å². The van der Waals surface area contributed by atoms with Crippen molar-refractivity contribution < 1.29 is 22.0 Å². The molecular weight excluding hydrogens is 357 g/mol. The van der Waals surface area contributed by atoms with Crippen molar-refractivity contribution in [2.45, 2.75) is 9.79 Å². The molecule has 0 bridgehead atoms. The number of hydrogen-bond donors (Lipinski definition) is 0. The molecule has 3 aromatic rings. The standard InChI is InChI=1S/C15H5ClF5NS/c16-6-1-2-7-8(5-6)22-4-3-9(7)23-15-13(20)11(18)10(17)12(19)14(15)21/h1-5H. The first-order chi connectivity index (χ1) is 10.9. The van der Waals surface area contributed by atoms with E-state index < -0.39 is 34.0 Å². The number of hydrogen-bond acceptors (Lipinski definition) is 2. The van der Waals surface area contributed by atoms with Crippen molar-refractivity contribution in [3.05, 3.63) is 64.6 Å². The van der Waals surface area contributed by atoms with Crippen molar-refractivity contribution in [1.29, 1.82) is 0 Å². The maximum absolute atomic E-state index is 13.8. The van der Waals surface area contributed by atoms with Crippen LogP contribution in [-0.2, 0) is 0 Å². The minimum absolute atomic E-state index is 0.287. The number of fused-ring (bicyclic) bond motifs is 1. The monoisotopic (exact) mass is 361 g/mol. The van der Waals surface area contributed by atoms with Gasteiger partial charge in [0.1, 0.15) is 0 Å². The normalized spacial score (nSPS) is 11.2. The fourth-order valence-corrected chi connectivity index (χ4v) is 3.12. The lowest BCUT2D eigenvalue weighted by molar-refractivity contribution is 0.361. The molecule has 0 amide bonds. The zero-order valence-corrected chi connectivity index (χ0v) is 12.6. The van der Waals surface area contributed by atoms with Crippen LogP contribution in [0.4, 0.5) is 22.0 Å². The molecule has 0 aliphatic rings. The van der Waals surface area contributed by atoms with Gasteiger partial charge in [0, 0.05) is 21.5 Å². The van der Waals surface area contributed by atoms with E-state index >= 15 is 0 Å². The highest BCUT2D eigenvalue weighted by molar-refractivity contribution is 7.99. The summed E-state index contributed by atoms with van der Waals surface area (Å²) >= 11 is 6.27. The van der Waals surface area contributed by atoms with Crippen LogP contribution in [0.5, 0.6) is 0 Å². The first-order valence-electron chi connectivity index (χ1n) is 6.13. The summed E-state index contributed by atoms with van der Waals surface area (Å²) in [7, 11) is 0. The van der Waals surface area contributed by atoms with Crippen molar-refractivity contribution in [3.8, 4) is 0 Å². The minimum Gasteiger partial charge on any atom is -0.256 e. The molecule has 1 aromatic heterocycles. The van der Waals surface area contributed by atoms with E-state index in [-0.39, 0.29) is 4.90 Å². The maximum atomic E-state index is 13.8. The number of pyridine rings is 1. The summed E-state index contributed by atoms with van der Waals surface area (Å²) in [6.45, 7) is 0. The Morgan fingerprint density at radius 3 is 2.09 bits per heavy atom. The Hall–Kier alpha value is -1.86. The van der Waals surface area contributed by atoms with Gasteiger partial charge in [0.15, 0.2) is 23.3 Å². The van der Waals surface area contributed by atoms with Gasteiger partial charge in [0.2, 0.25) is 5.82 Å². The first-order valence-corrected chi connectivity index (χ1v) is 7.33. The highest BCUT2D eigenvalue weighted by atomic mass is 35.5. The van der Waals surface area contributed by atoms with E-state index in [9.17, 15) is 22.0 Å². The van der Waals surface area contributed by atoms with Gasteiger partial charge < -0.3 is 0 Å². The lowest BCUT2D eigenvalue weighted by Gasteiger charge is -2.09. The van der Waals surface area contributed by atoms with Gasteiger partial charge in [-0.25, -0.2) is 22.0 Å². The molecule has 0 N–H and O–H groups in total. The molecular formula is C15H5ClF5NS. The number of benzene rings is 2. The third-order valence-electron chi connectivity index (χ3n) is 3.05. The van der Waals surface area contributed by atoms with Crippen LogP contribution in [0.1, 0.15) is 0 Å². The van der Waals surface area contributed by atoms with Gasteiger partial charge >= 0.3 is 0 Å². The summed E-state index contributed by atoms with van der Waals surface area (Å²) in [4.78, 5) is 3.36. The lowest BCUT2D eigenvalue weighted by Crippen LogP contribution is -2.03. The minimum atomic E-state index is -2.18. The third-order valence-corrected chi connectivity index (χ3v) is 4.42. The molecule has 8 heteroatoms. The maximum Gasteiger partial charge on any atom is 0.200 e. The SMILES string of the molecule is Fc1c(F)c(F)c(Sc2ccnc3cc(Cl)ccc23)c(F)c1F. The van der Waals surface area contributed by atoms with E-state index in [0.717, 1.165) is 0 Å². The lowest BCUT2D eigenvalue weighted by atomic mass is 10.2. The predicted molar refractivity (Wildman–Crippen MR) is 77.1 cm³/mol. The van der Waals surface area contributed by atoms with Crippen molar-refractivity contribution >= 4 is 34.3 Å². The zero-order valence-electron chi connectivity index (χ0n) is 11.0. The molecule has 0 aliphatic heterocycles. The van der Waals surface area contributed by atoms with Gasteiger partial charge in [0.05, 0.1) is 10.4 Å².